The van der Waals surface area contributed by atoms with Gasteiger partial charge in [-0.1, -0.05) is 19.9 Å². The zero-order valence-corrected chi connectivity index (χ0v) is 16.1. The SMILES string of the molecule is CCCC(=O)N1CCCN(S(=O)(=O)c2cc(CC)ccc2OC)CC1. The molecule has 0 spiro atoms. The van der Waals surface area contributed by atoms with E-state index in [1.54, 1.807) is 17.0 Å². The number of ether oxygens (including phenoxy) is 1. The first-order valence-electron chi connectivity index (χ1n) is 8.88. The van der Waals surface area contributed by atoms with Crippen molar-refractivity contribution in [2.24, 2.45) is 0 Å². The van der Waals surface area contributed by atoms with E-state index in [2.05, 4.69) is 0 Å². The van der Waals surface area contributed by atoms with Gasteiger partial charge < -0.3 is 9.64 Å². The predicted octanol–water partition coefficient (Wildman–Crippen LogP) is 2.28. The first-order valence-corrected chi connectivity index (χ1v) is 10.3. The number of nitrogens with zero attached hydrogens (tertiary/aromatic N) is 2. The van der Waals surface area contributed by atoms with Crippen molar-refractivity contribution < 1.29 is 17.9 Å². The zero-order chi connectivity index (χ0) is 18.4. The van der Waals surface area contributed by atoms with E-state index in [4.69, 9.17) is 4.74 Å². The Kier molecular flexibility index (Phi) is 6.84. The lowest BCUT2D eigenvalue weighted by Gasteiger charge is -2.23. The van der Waals surface area contributed by atoms with Crippen molar-refractivity contribution in [3.05, 3.63) is 23.8 Å². The molecule has 1 amide bonds. The summed E-state index contributed by atoms with van der Waals surface area (Å²) >= 11 is 0. The Morgan fingerprint density at radius 3 is 2.56 bits per heavy atom. The van der Waals surface area contributed by atoms with Gasteiger partial charge >= 0.3 is 0 Å². The van der Waals surface area contributed by atoms with Gasteiger partial charge in [-0.15, -0.1) is 0 Å². The van der Waals surface area contributed by atoms with Gasteiger partial charge in [-0.2, -0.15) is 4.31 Å². The molecule has 2 rings (SSSR count). The molecule has 140 valence electrons. The summed E-state index contributed by atoms with van der Waals surface area (Å²) in [5.74, 6) is 0.465. The highest BCUT2D eigenvalue weighted by molar-refractivity contribution is 7.89. The summed E-state index contributed by atoms with van der Waals surface area (Å²) < 4.78 is 33.0. The molecular formula is C18H28N2O4S. The van der Waals surface area contributed by atoms with Crippen LogP contribution in [0.25, 0.3) is 0 Å². The minimum Gasteiger partial charge on any atom is -0.495 e. The van der Waals surface area contributed by atoms with E-state index in [0.717, 1.165) is 18.4 Å². The van der Waals surface area contributed by atoms with E-state index in [1.165, 1.54) is 11.4 Å². The standard InChI is InChI=1S/C18H28N2O4S/c1-4-7-18(21)19-10-6-11-20(13-12-19)25(22,23)17-14-15(5-2)8-9-16(17)24-3/h8-9,14H,4-7,10-13H2,1-3H3. The van der Waals surface area contributed by atoms with Gasteiger partial charge in [-0.3, -0.25) is 4.79 Å². The van der Waals surface area contributed by atoms with Crippen LogP contribution in [0.1, 0.15) is 38.7 Å². The first-order chi connectivity index (χ1) is 11.9. The summed E-state index contributed by atoms with van der Waals surface area (Å²) in [7, 11) is -2.17. The number of carbonyl (C=O) groups is 1. The van der Waals surface area contributed by atoms with Crippen molar-refractivity contribution in [1.29, 1.82) is 0 Å². The summed E-state index contributed by atoms with van der Waals surface area (Å²) in [4.78, 5) is 14.1. The highest BCUT2D eigenvalue weighted by Crippen LogP contribution is 2.28. The molecule has 1 saturated heterocycles. The number of methoxy groups -OCH3 is 1. The first kappa shape index (κ1) is 19.7. The lowest BCUT2D eigenvalue weighted by Crippen LogP contribution is -2.37. The summed E-state index contributed by atoms with van der Waals surface area (Å²) in [5.41, 5.74) is 0.953. The van der Waals surface area contributed by atoms with Gasteiger partial charge in [0.2, 0.25) is 15.9 Å². The third-order valence-corrected chi connectivity index (χ3v) is 6.45. The van der Waals surface area contributed by atoms with Crippen LogP contribution in [-0.2, 0) is 21.2 Å². The molecule has 1 aliphatic heterocycles. The van der Waals surface area contributed by atoms with E-state index < -0.39 is 10.0 Å². The molecule has 7 heteroatoms. The van der Waals surface area contributed by atoms with Crippen molar-refractivity contribution in [1.82, 2.24) is 9.21 Å². The molecule has 6 nitrogen and oxygen atoms in total. The second-order valence-corrected chi connectivity index (χ2v) is 8.13. The Morgan fingerprint density at radius 2 is 1.92 bits per heavy atom. The largest absolute Gasteiger partial charge is 0.495 e. The highest BCUT2D eigenvalue weighted by Gasteiger charge is 2.30. The third kappa shape index (κ3) is 4.52. The Bertz CT molecular complexity index is 703. The highest BCUT2D eigenvalue weighted by atomic mass is 32.2. The molecule has 0 aromatic heterocycles. The van der Waals surface area contributed by atoms with Crippen molar-refractivity contribution >= 4 is 15.9 Å². The average Bonchev–Trinajstić information content (AvgIpc) is 2.88. The van der Waals surface area contributed by atoms with Crippen LogP contribution in [0.5, 0.6) is 5.75 Å². The maximum atomic E-state index is 13.1. The molecule has 0 unspecified atom stereocenters. The summed E-state index contributed by atoms with van der Waals surface area (Å²) in [6, 6.07) is 5.28. The second kappa shape index (κ2) is 8.67. The number of hydrogen-bond donors (Lipinski definition) is 0. The molecular weight excluding hydrogens is 340 g/mol. The fourth-order valence-electron chi connectivity index (χ4n) is 3.04. The van der Waals surface area contributed by atoms with Crippen LogP contribution >= 0.6 is 0 Å². The lowest BCUT2D eigenvalue weighted by molar-refractivity contribution is -0.131. The van der Waals surface area contributed by atoms with Gasteiger partial charge in [0.25, 0.3) is 0 Å². The van der Waals surface area contributed by atoms with Gasteiger partial charge in [-0.25, -0.2) is 8.42 Å². The normalized spacial score (nSPS) is 16.5. The Hall–Kier alpha value is -1.60. The fourth-order valence-corrected chi connectivity index (χ4v) is 4.71. The van der Waals surface area contributed by atoms with Crippen LogP contribution in [-0.4, -0.2) is 56.8 Å². The predicted molar refractivity (Wildman–Crippen MR) is 97.2 cm³/mol. The molecule has 1 heterocycles. The number of aryl methyl sites for hydroxylation is 1. The van der Waals surface area contributed by atoms with Crippen molar-refractivity contribution in [2.45, 2.75) is 44.4 Å². The van der Waals surface area contributed by atoms with Crippen LogP contribution in [0.3, 0.4) is 0 Å². The molecule has 1 fully saturated rings. The van der Waals surface area contributed by atoms with Crippen molar-refractivity contribution in [3.8, 4) is 5.75 Å². The molecule has 25 heavy (non-hydrogen) atoms. The van der Waals surface area contributed by atoms with Crippen LogP contribution in [0.15, 0.2) is 23.1 Å². The topological polar surface area (TPSA) is 66.9 Å². The summed E-state index contributed by atoms with van der Waals surface area (Å²) in [5, 5.41) is 0. The molecule has 0 radical (unpaired) electrons. The number of sulfonamides is 1. The van der Waals surface area contributed by atoms with Crippen LogP contribution < -0.4 is 4.74 Å². The molecule has 0 atom stereocenters. The van der Waals surface area contributed by atoms with Gasteiger partial charge in [0.1, 0.15) is 10.6 Å². The quantitative estimate of drug-likeness (QED) is 0.773. The van der Waals surface area contributed by atoms with Crippen LogP contribution in [0.2, 0.25) is 0 Å². The van der Waals surface area contributed by atoms with E-state index in [0.29, 0.717) is 44.8 Å². The van der Waals surface area contributed by atoms with E-state index in [1.807, 2.05) is 19.9 Å². The number of carbonyl (C=O) groups excluding carboxylic acids is 1. The van der Waals surface area contributed by atoms with E-state index >= 15 is 0 Å². The van der Waals surface area contributed by atoms with Crippen molar-refractivity contribution in [2.75, 3.05) is 33.3 Å². The van der Waals surface area contributed by atoms with E-state index in [-0.39, 0.29) is 10.8 Å². The molecule has 1 aromatic rings. The molecule has 0 bridgehead atoms. The Balaban J connectivity index is 2.24. The van der Waals surface area contributed by atoms with Crippen LogP contribution in [0, 0.1) is 0 Å². The minimum absolute atomic E-state index is 0.104. The van der Waals surface area contributed by atoms with Crippen LogP contribution in [0.4, 0.5) is 0 Å². The monoisotopic (exact) mass is 368 g/mol. The maximum Gasteiger partial charge on any atom is 0.246 e. The van der Waals surface area contributed by atoms with Gasteiger partial charge in [0.15, 0.2) is 0 Å². The number of rotatable bonds is 6. The van der Waals surface area contributed by atoms with Gasteiger partial charge in [0.05, 0.1) is 7.11 Å². The van der Waals surface area contributed by atoms with Gasteiger partial charge in [0, 0.05) is 32.6 Å². The zero-order valence-electron chi connectivity index (χ0n) is 15.3. The lowest BCUT2D eigenvalue weighted by atomic mass is 10.2. The average molecular weight is 368 g/mol. The van der Waals surface area contributed by atoms with Gasteiger partial charge in [-0.05, 0) is 37.0 Å². The molecule has 1 aliphatic rings. The fraction of sp³-hybridized carbons (Fsp3) is 0.611. The summed E-state index contributed by atoms with van der Waals surface area (Å²) in [6.07, 6.45) is 2.72. The number of hydrogen-bond acceptors (Lipinski definition) is 4. The third-order valence-electron chi connectivity index (χ3n) is 4.53. The molecule has 0 N–H and O–H groups in total. The summed E-state index contributed by atoms with van der Waals surface area (Å²) in [6.45, 7) is 5.74. The Morgan fingerprint density at radius 1 is 1.16 bits per heavy atom. The Labute approximate surface area is 150 Å². The maximum absolute atomic E-state index is 13.1. The second-order valence-electron chi connectivity index (χ2n) is 6.23. The minimum atomic E-state index is -3.65. The smallest absolute Gasteiger partial charge is 0.246 e. The van der Waals surface area contributed by atoms with E-state index in [9.17, 15) is 13.2 Å². The molecule has 0 saturated carbocycles. The number of amides is 1. The number of benzene rings is 1. The molecule has 0 aliphatic carbocycles. The molecule has 1 aromatic carbocycles. The van der Waals surface area contributed by atoms with Crippen molar-refractivity contribution in [3.63, 3.8) is 0 Å².